The first-order valence-electron chi connectivity index (χ1n) is 7.98. The monoisotopic (exact) mass is 269 g/mol. The van der Waals surface area contributed by atoms with Crippen LogP contribution in [-0.4, -0.2) is 50.1 Å². The number of amides is 1. The van der Waals surface area contributed by atoms with Crippen molar-refractivity contribution in [3.05, 3.63) is 0 Å². The number of rotatable bonds is 9. The minimum Gasteiger partial charge on any atom is -0.356 e. The van der Waals surface area contributed by atoms with Gasteiger partial charge in [0, 0.05) is 12.5 Å². The Morgan fingerprint density at radius 3 is 2.37 bits per heavy atom. The summed E-state index contributed by atoms with van der Waals surface area (Å²) in [6.45, 7) is 10.7. The molecule has 1 fully saturated rings. The Hall–Kier alpha value is -0.610. The number of hydrogen-bond acceptors (Lipinski definition) is 3. The van der Waals surface area contributed by atoms with Crippen molar-refractivity contribution in [2.75, 3.05) is 39.3 Å². The molecule has 0 radical (unpaired) electrons. The van der Waals surface area contributed by atoms with E-state index in [1.165, 1.54) is 25.9 Å². The van der Waals surface area contributed by atoms with Crippen LogP contribution in [0.2, 0.25) is 0 Å². The minimum atomic E-state index is 0.239. The molecule has 19 heavy (non-hydrogen) atoms. The zero-order chi connectivity index (χ0) is 13.9. The molecule has 1 amide bonds. The van der Waals surface area contributed by atoms with E-state index < -0.39 is 0 Å². The molecule has 1 heterocycles. The number of hydrogen-bond donors (Lipinski definition) is 2. The van der Waals surface area contributed by atoms with Gasteiger partial charge in [-0.15, -0.1) is 0 Å². The van der Waals surface area contributed by atoms with E-state index in [1.807, 2.05) is 0 Å². The lowest BCUT2D eigenvalue weighted by molar-refractivity contribution is -0.125. The third kappa shape index (κ3) is 6.92. The molecule has 4 nitrogen and oxygen atoms in total. The fourth-order valence-corrected chi connectivity index (χ4v) is 2.71. The zero-order valence-electron chi connectivity index (χ0n) is 12.7. The Balaban J connectivity index is 2.09. The van der Waals surface area contributed by atoms with E-state index in [4.69, 9.17) is 0 Å². The van der Waals surface area contributed by atoms with Crippen molar-refractivity contribution in [3.63, 3.8) is 0 Å². The molecule has 0 spiro atoms. The number of carbonyl (C=O) groups is 1. The lowest BCUT2D eigenvalue weighted by Crippen LogP contribution is -2.39. The van der Waals surface area contributed by atoms with Crippen LogP contribution < -0.4 is 10.6 Å². The number of piperidine rings is 1. The van der Waals surface area contributed by atoms with Crippen molar-refractivity contribution >= 4 is 5.91 Å². The average molecular weight is 269 g/mol. The van der Waals surface area contributed by atoms with Gasteiger partial charge >= 0.3 is 0 Å². The second-order valence-corrected chi connectivity index (χ2v) is 5.51. The Morgan fingerprint density at radius 2 is 1.79 bits per heavy atom. The highest BCUT2D eigenvalue weighted by Crippen LogP contribution is 2.11. The summed E-state index contributed by atoms with van der Waals surface area (Å²) in [4.78, 5) is 14.4. The van der Waals surface area contributed by atoms with Gasteiger partial charge in [0.25, 0.3) is 0 Å². The summed E-state index contributed by atoms with van der Waals surface area (Å²) in [5.74, 6) is 0.502. The molecule has 0 aromatic rings. The Bertz CT molecular complexity index is 234. The van der Waals surface area contributed by atoms with Crippen molar-refractivity contribution in [1.82, 2.24) is 15.5 Å². The largest absolute Gasteiger partial charge is 0.356 e. The van der Waals surface area contributed by atoms with Crippen LogP contribution in [0.3, 0.4) is 0 Å². The maximum atomic E-state index is 11.9. The molecule has 1 aliphatic rings. The fourth-order valence-electron chi connectivity index (χ4n) is 2.71. The lowest BCUT2D eigenvalue weighted by atomic mass is 9.97. The molecule has 2 N–H and O–H groups in total. The molecule has 0 saturated carbocycles. The highest BCUT2D eigenvalue weighted by atomic mass is 16.1. The summed E-state index contributed by atoms with van der Waals surface area (Å²) < 4.78 is 0. The van der Waals surface area contributed by atoms with Crippen LogP contribution >= 0.6 is 0 Å². The van der Waals surface area contributed by atoms with Crippen LogP contribution in [0.5, 0.6) is 0 Å². The maximum Gasteiger partial charge on any atom is 0.223 e. The van der Waals surface area contributed by atoms with Gasteiger partial charge in [0.05, 0.1) is 0 Å². The molecule has 0 aliphatic carbocycles. The lowest BCUT2D eigenvalue weighted by Gasteiger charge is -2.23. The van der Waals surface area contributed by atoms with E-state index in [2.05, 4.69) is 29.4 Å². The molecule has 4 heteroatoms. The Kier molecular flexibility index (Phi) is 8.84. The molecule has 1 saturated heterocycles. The normalized spacial score (nSPS) is 16.8. The van der Waals surface area contributed by atoms with Gasteiger partial charge in [0.15, 0.2) is 0 Å². The van der Waals surface area contributed by atoms with Crippen molar-refractivity contribution in [2.45, 2.75) is 46.0 Å². The maximum absolute atomic E-state index is 11.9. The first kappa shape index (κ1) is 16.4. The predicted molar refractivity (Wildman–Crippen MR) is 80.2 cm³/mol. The van der Waals surface area contributed by atoms with Gasteiger partial charge in [-0.3, -0.25) is 4.79 Å². The van der Waals surface area contributed by atoms with Gasteiger partial charge in [-0.2, -0.15) is 0 Å². The molecule has 0 aromatic heterocycles. The molecular formula is C15H31N3O. The Labute approximate surface area is 118 Å². The van der Waals surface area contributed by atoms with Crippen LogP contribution in [0.25, 0.3) is 0 Å². The smallest absolute Gasteiger partial charge is 0.223 e. The van der Waals surface area contributed by atoms with Gasteiger partial charge in [-0.25, -0.2) is 0 Å². The topological polar surface area (TPSA) is 44.4 Å². The second-order valence-electron chi connectivity index (χ2n) is 5.51. The standard InChI is InChI=1S/C15H31N3O/c1-3-11-18(12-4-2)13-5-8-17-15(19)14-6-9-16-10-7-14/h14,16H,3-13H2,1-2H3,(H,17,19). The van der Waals surface area contributed by atoms with Gasteiger partial charge in [0.2, 0.25) is 5.91 Å². The van der Waals surface area contributed by atoms with Crippen molar-refractivity contribution in [2.24, 2.45) is 5.92 Å². The summed E-state index contributed by atoms with van der Waals surface area (Å²) in [5.41, 5.74) is 0. The van der Waals surface area contributed by atoms with E-state index >= 15 is 0 Å². The van der Waals surface area contributed by atoms with Crippen molar-refractivity contribution < 1.29 is 4.79 Å². The van der Waals surface area contributed by atoms with E-state index in [9.17, 15) is 4.79 Å². The van der Waals surface area contributed by atoms with E-state index in [0.717, 1.165) is 45.4 Å². The molecule has 0 unspecified atom stereocenters. The molecule has 0 aromatic carbocycles. The zero-order valence-corrected chi connectivity index (χ0v) is 12.7. The SMILES string of the molecule is CCCN(CCC)CCCNC(=O)C1CCNCC1. The number of carbonyl (C=O) groups excluding carboxylic acids is 1. The highest BCUT2D eigenvalue weighted by molar-refractivity contribution is 5.78. The van der Waals surface area contributed by atoms with Crippen LogP contribution in [0.1, 0.15) is 46.0 Å². The van der Waals surface area contributed by atoms with Gasteiger partial charge in [0.1, 0.15) is 0 Å². The first-order chi connectivity index (χ1) is 9.27. The molecular weight excluding hydrogens is 238 g/mol. The summed E-state index contributed by atoms with van der Waals surface area (Å²) in [6.07, 6.45) is 5.47. The van der Waals surface area contributed by atoms with Gasteiger partial charge in [-0.05, 0) is 64.8 Å². The van der Waals surface area contributed by atoms with Crippen LogP contribution in [0, 0.1) is 5.92 Å². The van der Waals surface area contributed by atoms with E-state index in [-0.39, 0.29) is 11.8 Å². The molecule has 0 bridgehead atoms. The van der Waals surface area contributed by atoms with Crippen molar-refractivity contribution in [1.29, 1.82) is 0 Å². The first-order valence-corrected chi connectivity index (χ1v) is 7.98. The summed E-state index contributed by atoms with van der Waals surface area (Å²) >= 11 is 0. The second kappa shape index (κ2) is 10.2. The number of nitrogens with zero attached hydrogens (tertiary/aromatic N) is 1. The van der Waals surface area contributed by atoms with Crippen LogP contribution in [0.15, 0.2) is 0 Å². The highest BCUT2D eigenvalue weighted by Gasteiger charge is 2.20. The fraction of sp³-hybridized carbons (Fsp3) is 0.933. The number of nitrogens with one attached hydrogen (secondary N) is 2. The summed E-state index contributed by atoms with van der Waals surface area (Å²) in [6, 6.07) is 0. The van der Waals surface area contributed by atoms with Crippen molar-refractivity contribution in [3.8, 4) is 0 Å². The Morgan fingerprint density at radius 1 is 1.16 bits per heavy atom. The molecule has 1 rings (SSSR count). The van der Waals surface area contributed by atoms with E-state index in [1.54, 1.807) is 0 Å². The summed E-state index contributed by atoms with van der Waals surface area (Å²) in [5, 5.41) is 6.39. The summed E-state index contributed by atoms with van der Waals surface area (Å²) in [7, 11) is 0. The van der Waals surface area contributed by atoms with Crippen LogP contribution in [0.4, 0.5) is 0 Å². The third-order valence-electron chi connectivity index (χ3n) is 3.74. The van der Waals surface area contributed by atoms with Gasteiger partial charge in [-0.1, -0.05) is 13.8 Å². The minimum absolute atomic E-state index is 0.239. The molecule has 112 valence electrons. The molecule has 0 atom stereocenters. The average Bonchev–Trinajstić information content (AvgIpc) is 2.44. The third-order valence-corrected chi connectivity index (χ3v) is 3.74. The van der Waals surface area contributed by atoms with Gasteiger partial charge < -0.3 is 15.5 Å². The molecule has 1 aliphatic heterocycles. The van der Waals surface area contributed by atoms with E-state index in [0.29, 0.717) is 0 Å². The quantitative estimate of drug-likeness (QED) is 0.625. The van der Waals surface area contributed by atoms with Crippen LogP contribution in [-0.2, 0) is 4.79 Å². The predicted octanol–water partition coefficient (Wildman–Crippen LogP) is 1.61.